The molecule has 19 heavy (non-hydrogen) atoms. The van der Waals surface area contributed by atoms with Crippen molar-refractivity contribution in [3.63, 3.8) is 0 Å². The second kappa shape index (κ2) is 6.11. The van der Waals surface area contributed by atoms with E-state index in [4.69, 9.17) is 9.47 Å². The molecule has 1 atom stereocenters. The fourth-order valence-electron chi connectivity index (χ4n) is 1.77. The van der Waals surface area contributed by atoms with E-state index in [2.05, 4.69) is 0 Å². The van der Waals surface area contributed by atoms with Gasteiger partial charge >= 0.3 is 0 Å². The summed E-state index contributed by atoms with van der Waals surface area (Å²) in [4.78, 5) is 0. The van der Waals surface area contributed by atoms with Crippen molar-refractivity contribution in [3.8, 4) is 17.2 Å². The Morgan fingerprint density at radius 3 is 2.47 bits per heavy atom. The lowest BCUT2D eigenvalue weighted by molar-refractivity contribution is 0.116. The molecule has 0 aliphatic rings. The van der Waals surface area contributed by atoms with E-state index in [1.54, 1.807) is 12.1 Å². The Hall–Kier alpha value is -2.20. The number of hydrogen-bond donors (Lipinski definition) is 2. The molecule has 100 valence electrons. The normalized spacial score (nSPS) is 11.9. The standard InChI is InChI=1S/C15H16O4/c1-18-14-9-11(7-8-13(14)17)15(10-16)19-12-5-3-2-4-6-12/h2-9,15-17H,10H2,1H3. The molecule has 0 aliphatic heterocycles. The van der Waals surface area contributed by atoms with Gasteiger partial charge in [0.05, 0.1) is 13.7 Å². The Balaban J connectivity index is 2.22. The molecule has 0 saturated heterocycles. The number of ether oxygens (including phenoxy) is 2. The van der Waals surface area contributed by atoms with Gasteiger partial charge in [0.2, 0.25) is 0 Å². The van der Waals surface area contributed by atoms with E-state index in [0.29, 0.717) is 11.5 Å². The summed E-state index contributed by atoms with van der Waals surface area (Å²) in [5, 5.41) is 19.0. The van der Waals surface area contributed by atoms with E-state index >= 15 is 0 Å². The van der Waals surface area contributed by atoms with Crippen molar-refractivity contribution in [2.45, 2.75) is 6.10 Å². The van der Waals surface area contributed by atoms with Gasteiger partial charge in [0.1, 0.15) is 11.9 Å². The van der Waals surface area contributed by atoms with Gasteiger partial charge in [0.25, 0.3) is 0 Å². The van der Waals surface area contributed by atoms with Crippen LogP contribution in [0.1, 0.15) is 11.7 Å². The van der Waals surface area contributed by atoms with Crippen LogP contribution in [0.5, 0.6) is 17.2 Å². The van der Waals surface area contributed by atoms with Crippen LogP contribution in [0.3, 0.4) is 0 Å². The third kappa shape index (κ3) is 3.17. The zero-order chi connectivity index (χ0) is 13.7. The fraction of sp³-hybridized carbons (Fsp3) is 0.200. The van der Waals surface area contributed by atoms with Gasteiger partial charge in [0, 0.05) is 0 Å². The monoisotopic (exact) mass is 260 g/mol. The molecular formula is C15H16O4. The van der Waals surface area contributed by atoms with Gasteiger partial charge in [-0.05, 0) is 29.8 Å². The number of aliphatic hydroxyl groups excluding tert-OH is 1. The van der Waals surface area contributed by atoms with Gasteiger partial charge in [-0.2, -0.15) is 0 Å². The zero-order valence-electron chi connectivity index (χ0n) is 10.6. The first kappa shape index (κ1) is 13.2. The van der Waals surface area contributed by atoms with E-state index < -0.39 is 6.10 Å². The van der Waals surface area contributed by atoms with E-state index in [9.17, 15) is 10.2 Å². The lowest BCUT2D eigenvalue weighted by atomic mass is 10.1. The molecule has 2 rings (SSSR count). The highest BCUT2D eigenvalue weighted by Crippen LogP contribution is 2.30. The molecule has 1 unspecified atom stereocenters. The molecule has 0 amide bonds. The van der Waals surface area contributed by atoms with Crippen molar-refractivity contribution >= 4 is 0 Å². The van der Waals surface area contributed by atoms with Crippen LogP contribution in [0.25, 0.3) is 0 Å². The van der Waals surface area contributed by atoms with Crippen LogP contribution in [-0.4, -0.2) is 23.9 Å². The number of phenols is 1. The molecule has 0 bridgehead atoms. The second-order valence-corrected chi connectivity index (χ2v) is 4.03. The van der Waals surface area contributed by atoms with Crippen LogP contribution in [0.15, 0.2) is 48.5 Å². The predicted octanol–water partition coefficient (Wildman–Crippen LogP) is 2.51. The number of aliphatic hydroxyl groups is 1. The van der Waals surface area contributed by atoms with E-state index in [-0.39, 0.29) is 12.4 Å². The Kier molecular flexibility index (Phi) is 4.26. The van der Waals surface area contributed by atoms with Crippen LogP contribution in [0.2, 0.25) is 0 Å². The van der Waals surface area contributed by atoms with E-state index in [0.717, 1.165) is 5.56 Å². The summed E-state index contributed by atoms with van der Waals surface area (Å²) >= 11 is 0. The first-order chi connectivity index (χ1) is 9.24. The number of rotatable bonds is 5. The first-order valence-electron chi connectivity index (χ1n) is 5.94. The first-order valence-corrected chi connectivity index (χ1v) is 5.94. The fourth-order valence-corrected chi connectivity index (χ4v) is 1.77. The summed E-state index contributed by atoms with van der Waals surface area (Å²) in [6.07, 6.45) is -0.503. The molecule has 0 heterocycles. The highest BCUT2D eigenvalue weighted by molar-refractivity contribution is 5.42. The van der Waals surface area contributed by atoms with Crippen LogP contribution in [-0.2, 0) is 0 Å². The van der Waals surface area contributed by atoms with Crippen LogP contribution < -0.4 is 9.47 Å². The summed E-state index contributed by atoms with van der Waals surface area (Å²) < 4.78 is 10.7. The second-order valence-electron chi connectivity index (χ2n) is 4.03. The maximum absolute atomic E-state index is 9.55. The quantitative estimate of drug-likeness (QED) is 0.867. The third-order valence-corrected chi connectivity index (χ3v) is 2.76. The number of methoxy groups -OCH3 is 1. The lowest BCUT2D eigenvalue weighted by Gasteiger charge is -2.18. The lowest BCUT2D eigenvalue weighted by Crippen LogP contribution is -2.12. The van der Waals surface area contributed by atoms with Crippen molar-refractivity contribution in [1.82, 2.24) is 0 Å². The topological polar surface area (TPSA) is 58.9 Å². The molecule has 0 aliphatic carbocycles. The summed E-state index contributed by atoms with van der Waals surface area (Å²) in [5.41, 5.74) is 0.737. The Morgan fingerprint density at radius 1 is 1.11 bits per heavy atom. The van der Waals surface area contributed by atoms with Gasteiger partial charge in [-0.3, -0.25) is 0 Å². The SMILES string of the molecule is COc1cc(C(CO)Oc2ccccc2)ccc1O. The Labute approximate surface area is 111 Å². The van der Waals surface area contributed by atoms with E-state index in [1.807, 2.05) is 30.3 Å². The predicted molar refractivity (Wildman–Crippen MR) is 71.6 cm³/mol. The Bertz CT molecular complexity index is 525. The van der Waals surface area contributed by atoms with E-state index in [1.165, 1.54) is 13.2 Å². The molecule has 0 aromatic heterocycles. The number of para-hydroxylation sites is 1. The Morgan fingerprint density at radius 2 is 1.84 bits per heavy atom. The molecular weight excluding hydrogens is 244 g/mol. The van der Waals surface area contributed by atoms with Crippen molar-refractivity contribution in [2.75, 3.05) is 13.7 Å². The van der Waals surface area contributed by atoms with Crippen LogP contribution >= 0.6 is 0 Å². The maximum Gasteiger partial charge on any atom is 0.160 e. The number of benzene rings is 2. The zero-order valence-corrected chi connectivity index (χ0v) is 10.6. The largest absolute Gasteiger partial charge is 0.504 e. The summed E-state index contributed by atoms with van der Waals surface area (Å²) in [7, 11) is 1.48. The molecule has 0 fully saturated rings. The van der Waals surface area contributed by atoms with Crippen molar-refractivity contribution in [3.05, 3.63) is 54.1 Å². The third-order valence-electron chi connectivity index (χ3n) is 2.76. The molecule has 0 spiro atoms. The molecule has 2 N–H and O–H groups in total. The van der Waals surface area contributed by atoms with Gasteiger partial charge in [0.15, 0.2) is 11.5 Å². The maximum atomic E-state index is 9.55. The van der Waals surface area contributed by atoms with Crippen molar-refractivity contribution < 1.29 is 19.7 Å². The molecule has 2 aromatic rings. The van der Waals surface area contributed by atoms with Crippen molar-refractivity contribution in [1.29, 1.82) is 0 Å². The minimum atomic E-state index is -0.503. The van der Waals surface area contributed by atoms with Gasteiger partial charge in [-0.15, -0.1) is 0 Å². The molecule has 4 heteroatoms. The minimum Gasteiger partial charge on any atom is -0.504 e. The average Bonchev–Trinajstić information content (AvgIpc) is 2.46. The highest BCUT2D eigenvalue weighted by atomic mass is 16.5. The van der Waals surface area contributed by atoms with Crippen molar-refractivity contribution in [2.24, 2.45) is 0 Å². The smallest absolute Gasteiger partial charge is 0.160 e. The number of phenolic OH excluding ortho intramolecular Hbond substituents is 1. The number of aromatic hydroxyl groups is 1. The summed E-state index contributed by atoms with van der Waals surface area (Å²) in [6, 6.07) is 14.1. The molecule has 0 saturated carbocycles. The summed E-state index contributed by atoms with van der Waals surface area (Å²) in [6.45, 7) is -0.164. The van der Waals surface area contributed by atoms with Gasteiger partial charge in [-0.1, -0.05) is 24.3 Å². The van der Waals surface area contributed by atoms with Crippen LogP contribution in [0.4, 0.5) is 0 Å². The number of hydrogen-bond acceptors (Lipinski definition) is 4. The molecule has 0 radical (unpaired) electrons. The highest BCUT2D eigenvalue weighted by Gasteiger charge is 2.14. The average molecular weight is 260 g/mol. The summed E-state index contributed by atoms with van der Waals surface area (Å²) in [5.74, 6) is 1.09. The van der Waals surface area contributed by atoms with Gasteiger partial charge < -0.3 is 19.7 Å². The molecule has 2 aromatic carbocycles. The minimum absolute atomic E-state index is 0.0580. The molecule has 4 nitrogen and oxygen atoms in total. The van der Waals surface area contributed by atoms with Gasteiger partial charge in [-0.25, -0.2) is 0 Å². The van der Waals surface area contributed by atoms with Crippen LogP contribution in [0, 0.1) is 0 Å².